The van der Waals surface area contributed by atoms with E-state index in [0.29, 0.717) is 29.4 Å². The first-order chi connectivity index (χ1) is 13.1. The molecule has 136 valence electrons. The van der Waals surface area contributed by atoms with Gasteiger partial charge in [0.25, 0.3) is 5.91 Å². The van der Waals surface area contributed by atoms with Gasteiger partial charge >= 0.3 is 0 Å². The lowest BCUT2D eigenvalue weighted by molar-refractivity contribution is -0.115. The smallest absolute Gasteiger partial charge is 0.273 e. The monoisotopic (exact) mass is 379 g/mol. The molecule has 2 aromatic rings. The molecule has 2 aromatic carbocycles. The van der Waals surface area contributed by atoms with Crippen molar-refractivity contribution in [3.8, 4) is 17.6 Å². The molecular formula is C20H17N3O3S. The number of ether oxygens (including phenoxy) is 2. The van der Waals surface area contributed by atoms with Crippen molar-refractivity contribution in [1.29, 1.82) is 5.26 Å². The maximum atomic E-state index is 11.8. The molecule has 0 unspecified atom stereocenters. The summed E-state index contributed by atoms with van der Waals surface area (Å²) in [6.07, 6.45) is 1.69. The van der Waals surface area contributed by atoms with Crippen molar-refractivity contribution in [2.75, 3.05) is 6.61 Å². The minimum Gasteiger partial charge on any atom is -0.490 e. The highest BCUT2D eigenvalue weighted by Gasteiger charge is 2.20. The predicted molar refractivity (Wildman–Crippen MR) is 105 cm³/mol. The predicted octanol–water partition coefficient (Wildman–Crippen LogP) is 2.88. The van der Waals surface area contributed by atoms with Crippen LogP contribution in [-0.2, 0) is 11.4 Å². The number of carbonyl (C=O) groups is 1. The van der Waals surface area contributed by atoms with Gasteiger partial charge < -0.3 is 14.8 Å². The Hall–Kier alpha value is -3.37. The van der Waals surface area contributed by atoms with Crippen LogP contribution < -0.4 is 20.1 Å². The Morgan fingerprint density at radius 1 is 1.15 bits per heavy atom. The van der Waals surface area contributed by atoms with Gasteiger partial charge in [-0.25, -0.2) is 0 Å². The second-order valence-corrected chi connectivity index (χ2v) is 6.07. The maximum absolute atomic E-state index is 11.8. The normalized spacial score (nSPS) is 14.4. The van der Waals surface area contributed by atoms with E-state index in [2.05, 4.69) is 16.7 Å². The highest BCUT2D eigenvalue weighted by molar-refractivity contribution is 7.80. The van der Waals surface area contributed by atoms with E-state index in [-0.39, 0.29) is 17.6 Å². The number of hydrogen-bond donors (Lipinski definition) is 2. The van der Waals surface area contributed by atoms with Gasteiger partial charge in [0.05, 0.1) is 18.2 Å². The van der Waals surface area contributed by atoms with Crippen LogP contribution in [0.15, 0.2) is 48.2 Å². The van der Waals surface area contributed by atoms with Crippen LogP contribution in [0.25, 0.3) is 6.08 Å². The molecule has 7 heteroatoms. The second-order valence-electron chi connectivity index (χ2n) is 5.66. The average molecular weight is 379 g/mol. The fourth-order valence-electron chi connectivity index (χ4n) is 2.56. The average Bonchev–Trinajstić information content (AvgIpc) is 2.98. The number of thiocarbonyl (C=S) groups is 1. The Morgan fingerprint density at radius 2 is 1.96 bits per heavy atom. The van der Waals surface area contributed by atoms with E-state index in [1.165, 1.54) is 0 Å². The van der Waals surface area contributed by atoms with Crippen molar-refractivity contribution in [3.63, 3.8) is 0 Å². The lowest BCUT2D eigenvalue weighted by atomic mass is 10.1. The van der Waals surface area contributed by atoms with Crippen molar-refractivity contribution in [1.82, 2.24) is 10.6 Å². The maximum Gasteiger partial charge on any atom is 0.273 e. The molecule has 0 atom stereocenters. The summed E-state index contributed by atoms with van der Waals surface area (Å²) in [6.45, 7) is 2.60. The molecule has 1 saturated heterocycles. The number of nitrogens with zero attached hydrogens (tertiary/aromatic N) is 1. The fourth-order valence-corrected chi connectivity index (χ4v) is 2.76. The van der Waals surface area contributed by atoms with Gasteiger partial charge in [0, 0.05) is 5.56 Å². The summed E-state index contributed by atoms with van der Waals surface area (Å²) < 4.78 is 11.5. The van der Waals surface area contributed by atoms with Gasteiger partial charge in [-0.15, -0.1) is 0 Å². The number of nitriles is 1. The first kappa shape index (κ1) is 18.4. The third-order valence-corrected chi connectivity index (χ3v) is 4.02. The van der Waals surface area contributed by atoms with Crippen LogP contribution in [0, 0.1) is 11.3 Å². The summed E-state index contributed by atoms with van der Waals surface area (Å²) in [4.78, 5) is 11.8. The number of hydrogen-bond acceptors (Lipinski definition) is 5. The number of amides is 1. The number of nitrogens with one attached hydrogen (secondary N) is 2. The van der Waals surface area contributed by atoms with Crippen molar-refractivity contribution in [3.05, 3.63) is 64.9 Å². The zero-order valence-electron chi connectivity index (χ0n) is 14.6. The summed E-state index contributed by atoms with van der Waals surface area (Å²) in [5, 5.41) is 14.8. The van der Waals surface area contributed by atoms with E-state index in [9.17, 15) is 10.1 Å². The third-order valence-electron chi connectivity index (χ3n) is 3.82. The van der Waals surface area contributed by atoms with E-state index in [4.69, 9.17) is 21.7 Å². The first-order valence-corrected chi connectivity index (χ1v) is 8.73. The molecule has 2 N–H and O–H groups in total. The van der Waals surface area contributed by atoms with Crippen LogP contribution in [0.4, 0.5) is 0 Å². The molecule has 1 aliphatic rings. The first-order valence-electron chi connectivity index (χ1n) is 8.32. The molecule has 1 aliphatic heterocycles. The largest absolute Gasteiger partial charge is 0.490 e. The SMILES string of the molecule is CCOc1cc(C=C2NC(=S)NC2=O)ccc1OCc1ccccc1C#N. The molecule has 27 heavy (non-hydrogen) atoms. The van der Waals surface area contributed by atoms with Crippen LogP contribution in [0.5, 0.6) is 11.5 Å². The van der Waals surface area contributed by atoms with Gasteiger partial charge in [-0.1, -0.05) is 24.3 Å². The van der Waals surface area contributed by atoms with Crippen molar-refractivity contribution < 1.29 is 14.3 Å². The van der Waals surface area contributed by atoms with E-state index in [0.717, 1.165) is 11.1 Å². The molecule has 6 nitrogen and oxygen atoms in total. The van der Waals surface area contributed by atoms with Gasteiger partial charge in [-0.3, -0.25) is 10.1 Å². The van der Waals surface area contributed by atoms with Gasteiger partial charge in [0.1, 0.15) is 12.3 Å². The molecule has 1 fully saturated rings. The molecule has 0 spiro atoms. The van der Waals surface area contributed by atoms with Gasteiger partial charge in [0.15, 0.2) is 16.6 Å². The molecule has 0 aliphatic carbocycles. The number of benzene rings is 2. The van der Waals surface area contributed by atoms with Gasteiger partial charge in [-0.05, 0) is 49.0 Å². The van der Waals surface area contributed by atoms with Crippen LogP contribution in [0.3, 0.4) is 0 Å². The van der Waals surface area contributed by atoms with Gasteiger partial charge in [-0.2, -0.15) is 5.26 Å². The van der Waals surface area contributed by atoms with Crippen LogP contribution in [-0.4, -0.2) is 17.6 Å². The Labute approximate surface area is 162 Å². The Kier molecular flexibility index (Phi) is 5.69. The summed E-state index contributed by atoms with van der Waals surface area (Å²) >= 11 is 4.93. The summed E-state index contributed by atoms with van der Waals surface area (Å²) in [5.41, 5.74) is 2.52. The van der Waals surface area contributed by atoms with Crippen molar-refractivity contribution in [2.24, 2.45) is 0 Å². The third kappa shape index (κ3) is 4.43. The zero-order valence-corrected chi connectivity index (χ0v) is 15.4. The summed E-state index contributed by atoms with van der Waals surface area (Å²) in [5.74, 6) is 0.847. The standard InChI is InChI=1S/C20H17N3O3S/c1-2-25-18-10-13(9-16-19(24)23-20(27)22-16)7-8-17(18)26-12-15-6-4-3-5-14(15)11-21/h3-10H,2,12H2,1H3,(H2,22,23,24,27). The minimum atomic E-state index is -0.272. The number of rotatable bonds is 6. The molecule has 1 amide bonds. The van der Waals surface area contributed by atoms with Crippen LogP contribution >= 0.6 is 12.2 Å². The van der Waals surface area contributed by atoms with Crippen molar-refractivity contribution >= 4 is 29.3 Å². The van der Waals surface area contributed by atoms with Gasteiger partial charge in [0.2, 0.25) is 0 Å². The molecule has 3 rings (SSSR count). The molecule has 0 saturated carbocycles. The van der Waals surface area contributed by atoms with Crippen LogP contribution in [0.1, 0.15) is 23.6 Å². The van der Waals surface area contributed by atoms with E-state index >= 15 is 0 Å². The Morgan fingerprint density at radius 3 is 2.67 bits per heavy atom. The molecule has 0 bridgehead atoms. The van der Waals surface area contributed by atoms with Crippen molar-refractivity contribution in [2.45, 2.75) is 13.5 Å². The highest BCUT2D eigenvalue weighted by Crippen LogP contribution is 2.30. The number of carbonyl (C=O) groups excluding carboxylic acids is 1. The van der Waals surface area contributed by atoms with Crippen LogP contribution in [0.2, 0.25) is 0 Å². The molecule has 1 heterocycles. The summed E-state index contributed by atoms with van der Waals surface area (Å²) in [7, 11) is 0. The molecule has 0 aromatic heterocycles. The minimum absolute atomic E-state index is 0.252. The van der Waals surface area contributed by atoms with E-state index in [1.807, 2.05) is 31.2 Å². The Balaban J connectivity index is 1.82. The molecular weight excluding hydrogens is 362 g/mol. The molecule has 0 radical (unpaired) electrons. The highest BCUT2D eigenvalue weighted by atomic mass is 32.1. The van der Waals surface area contributed by atoms with E-state index in [1.54, 1.807) is 24.3 Å². The topological polar surface area (TPSA) is 83.4 Å². The summed E-state index contributed by atoms with van der Waals surface area (Å²) in [6, 6.07) is 14.8. The lowest BCUT2D eigenvalue weighted by Gasteiger charge is -2.13. The quantitative estimate of drug-likeness (QED) is 0.593. The second kappa shape index (κ2) is 8.34. The lowest BCUT2D eigenvalue weighted by Crippen LogP contribution is -2.21. The zero-order chi connectivity index (χ0) is 19.2. The van der Waals surface area contributed by atoms with E-state index < -0.39 is 0 Å². The fraction of sp³-hybridized carbons (Fsp3) is 0.150. The Bertz CT molecular complexity index is 963.